The summed E-state index contributed by atoms with van der Waals surface area (Å²) in [5.74, 6) is 0. The zero-order valence-corrected chi connectivity index (χ0v) is 11.4. The van der Waals surface area contributed by atoms with Crippen molar-refractivity contribution < 1.29 is 0 Å². The predicted octanol–water partition coefficient (Wildman–Crippen LogP) is 3.81. The minimum Gasteiger partial charge on any atom is -0.385 e. The van der Waals surface area contributed by atoms with Gasteiger partial charge in [-0.2, -0.15) is 0 Å². The summed E-state index contributed by atoms with van der Waals surface area (Å²) in [6, 6.07) is 7.56. The zero-order valence-electron chi connectivity index (χ0n) is 11.4. The Morgan fingerprint density at radius 1 is 1.22 bits per heavy atom. The Hall–Kier alpha value is -1.18. The molecule has 1 N–H and O–H groups in total. The topological polar surface area (TPSA) is 15.3 Å². The molecule has 1 heterocycles. The smallest absolute Gasteiger partial charge is 0.0421 e. The molecule has 2 heteroatoms. The molecular weight excluding hydrogens is 220 g/mol. The Balaban J connectivity index is 1.93. The van der Waals surface area contributed by atoms with Crippen LogP contribution in [0.25, 0.3) is 0 Å². The predicted molar refractivity (Wildman–Crippen MR) is 78.5 cm³/mol. The van der Waals surface area contributed by atoms with Crippen LogP contribution in [0.2, 0.25) is 0 Å². The van der Waals surface area contributed by atoms with Crippen molar-refractivity contribution in [1.29, 1.82) is 0 Å². The van der Waals surface area contributed by atoms with Crippen LogP contribution in [-0.2, 0) is 6.42 Å². The summed E-state index contributed by atoms with van der Waals surface area (Å²) in [5.41, 5.74) is 4.42. The van der Waals surface area contributed by atoms with Crippen molar-refractivity contribution in [3.05, 3.63) is 23.8 Å². The number of fused-ring (bicyclic) bond motifs is 1. The monoisotopic (exact) mass is 244 g/mol. The molecule has 2 nitrogen and oxygen atoms in total. The summed E-state index contributed by atoms with van der Waals surface area (Å²) in [7, 11) is 0. The van der Waals surface area contributed by atoms with E-state index in [0.29, 0.717) is 0 Å². The lowest BCUT2D eigenvalue weighted by molar-refractivity contribution is 0.616. The Labute approximate surface area is 110 Å². The van der Waals surface area contributed by atoms with Crippen molar-refractivity contribution in [2.24, 2.45) is 0 Å². The average Bonchev–Trinajstić information content (AvgIpc) is 2.94. The quantitative estimate of drug-likeness (QED) is 0.869. The molecule has 0 bridgehead atoms. The lowest BCUT2D eigenvalue weighted by Gasteiger charge is -2.34. The Morgan fingerprint density at radius 3 is 2.83 bits per heavy atom. The highest BCUT2D eigenvalue weighted by Gasteiger charge is 2.24. The van der Waals surface area contributed by atoms with Crippen molar-refractivity contribution in [1.82, 2.24) is 0 Å². The van der Waals surface area contributed by atoms with Crippen LogP contribution >= 0.6 is 0 Å². The minimum atomic E-state index is 0.781. The van der Waals surface area contributed by atoms with Gasteiger partial charge in [-0.1, -0.05) is 18.9 Å². The molecule has 1 aliphatic carbocycles. The van der Waals surface area contributed by atoms with E-state index >= 15 is 0 Å². The molecule has 1 fully saturated rings. The highest BCUT2D eigenvalue weighted by atomic mass is 15.2. The molecule has 0 spiro atoms. The van der Waals surface area contributed by atoms with Gasteiger partial charge in [-0.05, 0) is 50.3 Å². The number of rotatable bonds is 3. The molecule has 0 radical (unpaired) electrons. The van der Waals surface area contributed by atoms with E-state index in [4.69, 9.17) is 0 Å². The maximum absolute atomic E-state index is 3.55. The molecule has 1 aliphatic heterocycles. The second kappa shape index (κ2) is 5.21. The molecule has 18 heavy (non-hydrogen) atoms. The van der Waals surface area contributed by atoms with Gasteiger partial charge in [0.2, 0.25) is 0 Å². The molecule has 0 amide bonds. The summed E-state index contributed by atoms with van der Waals surface area (Å²) in [5, 5.41) is 3.55. The van der Waals surface area contributed by atoms with Gasteiger partial charge >= 0.3 is 0 Å². The Kier molecular flexibility index (Phi) is 3.44. The van der Waals surface area contributed by atoms with E-state index in [1.807, 2.05) is 0 Å². The van der Waals surface area contributed by atoms with Gasteiger partial charge in [-0.3, -0.25) is 0 Å². The van der Waals surface area contributed by atoms with Crippen molar-refractivity contribution in [3.8, 4) is 0 Å². The highest BCUT2D eigenvalue weighted by molar-refractivity contribution is 5.68. The van der Waals surface area contributed by atoms with Gasteiger partial charge in [0.1, 0.15) is 0 Å². The van der Waals surface area contributed by atoms with Gasteiger partial charge < -0.3 is 10.2 Å². The van der Waals surface area contributed by atoms with Crippen LogP contribution in [-0.4, -0.2) is 19.1 Å². The summed E-state index contributed by atoms with van der Waals surface area (Å²) in [4.78, 5) is 2.65. The van der Waals surface area contributed by atoms with Crippen molar-refractivity contribution >= 4 is 11.4 Å². The van der Waals surface area contributed by atoms with Crippen molar-refractivity contribution in [2.45, 2.75) is 51.5 Å². The second-order valence-corrected chi connectivity index (χ2v) is 5.56. The Morgan fingerprint density at radius 2 is 2.06 bits per heavy atom. The molecule has 0 saturated heterocycles. The van der Waals surface area contributed by atoms with E-state index in [0.717, 1.165) is 19.1 Å². The standard InChI is InChI=1S/C16H24N2/c1-2-18(13-7-3-4-8-13)16-11-5-10-15-14(16)9-6-12-17-15/h5,10-11,13,17H,2-4,6-9,12H2,1H3. The summed E-state index contributed by atoms with van der Waals surface area (Å²) in [6.07, 6.45) is 8.09. The minimum absolute atomic E-state index is 0.781. The van der Waals surface area contributed by atoms with E-state index in [9.17, 15) is 0 Å². The largest absolute Gasteiger partial charge is 0.385 e. The average molecular weight is 244 g/mol. The van der Waals surface area contributed by atoms with Gasteiger partial charge in [-0.15, -0.1) is 0 Å². The molecule has 1 saturated carbocycles. The number of hydrogen-bond acceptors (Lipinski definition) is 2. The number of nitrogens with one attached hydrogen (secondary N) is 1. The van der Waals surface area contributed by atoms with Gasteiger partial charge in [0.15, 0.2) is 0 Å². The van der Waals surface area contributed by atoms with E-state index in [-0.39, 0.29) is 0 Å². The number of nitrogens with zero attached hydrogens (tertiary/aromatic N) is 1. The fraction of sp³-hybridized carbons (Fsp3) is 0.625. The van der Waals surface area contributed by atoms with E-state index < -0.39 is 0 Å². The Bertz CT molecular complexity index is 408. The molecule has 1 aromatic carbocycles. The van der Waals surface area contributed by atoms with Crippen LogP contribution in [0.5, 0.6) is 0 Å². The van der Waals surface area contributed by atoms with Crippen LogP contribution in [0, 0.1) is 0 Å². The summed E-state index contributed by atoms with van der Waals surface area (Å²) >= 11 is 0. The maximum Gasteiger partial charge on any atom is 0.0421 e. The van der Waals surface area contributed by atoms with Gasteiger partial charge in [0.05, 0.1) is 0 Å². The lowest BCUT2D eigenvalue weighted by Crippen LogP contribution is -2.34. The summed E-state index contributed by atoms with van der Waals surface area (Å²) < 4.78 is 0. The fourth-order valence-corrected chi connectivity index (χ4v) is 3.60. The molecule has 3 rings (SSSR count). The van der Waals surface area contributed by atoms with Crippen LogP contribution in [0.3, 0.4) is 0 Å². The highest BCUT2D eigenvalue weighted by Crippen LogP contribution is 2.35. The van der Waals surface area contributed by atoms with Gasteiger partial charge in [0.25, 0.3) is 0 Å². The molecule has 0 aromatic heterocycles. The molecule has 98 valence electrons. The maximum atomic E-state index is 3.55. The first-order valence-corrected chi connectivity index (χ1v) is 7.52. The SMILES string of the molecule is CCN(c1cccc2c1CCCN2)C1CCCC1. The van der Waals surface area contributed by atoms with Gasteiger partial charge in [-0.25, -0.2) is 0 Å². The van der Waals surface area contributed by atoms with E-state index in [1.165, 1.54) is 49.9 Å². The first-order valence-electron chi connectivity index (χ1n) is 7.52. The lowest BCUT2D eigenvalue weighted by atomic mass is 9.99. The van der Waals surface area contributed by atoms with E-state index in [1.54, 1.807) is 5.56 Å². The van der Waals surface area contributed by atoms with Crippen molar-refractivity contribution in [2.75, 3.05) is 23.3 Å². The number of benzene rings is 1. The van der Waals surface area contributed by atoms with Crippen LogP contribution in [0.15, 0.2) is 18.2 Å². The molecule has 0 unspecified atom stereocenters. The first kappa shape index (κ1) is 11.9. The fourth-order valence-electron chi connectivity index (χ4n) is 3.60. The molecule has 1 aromatic rings. The normalized spacial score (nSPS) is 19.4. The summed E-state index contributed by atoms with van der Waals surface area (Å²) in [6.45, 7) is 4.57. The van der Waals surface area contributed by atoms with Crippen molar-refractivity contribution in [3.63, 3.8) is 0 Å². The van der Waals surface area contributed by atoms with Crippen LogP contribution < -0.4 is 10.2 Å². The van der Waals surface area contributed by atoms with Crippen LogP contribution in [0.4, 0.5) is 11.4 Å². The van der Waals surface area contributed by atoms with Crippen LogP contribution in [0.1, 0.15) is 44.6 Å². The zero-order chi connectivity index (χ0) is 12.4. The third kappa shape index (κ3) is 2.09. The van der Waals surface area contributed by atoms with E-state index in [2.05, 4.69) is 35.3 Å². The first-order chi connectivity index (χ1) is 8.90. The molecular formula is C16H24N2. The number of hydrogen-bond donors (Lipinski definition) is 1. The number of anilines is 2. The molecule has 0 atom stereocenters. The third-order valence-corrected chi connectivity index (χ3v) is 4.49. The third-order valence-electron chi connectivity index (χ3n) is 4.49. The van der Waals surface area contributed by atoms with Gasteiger partial charge in [0, 0.05) is 30.5 Å². The molecule has 2 aliphatic rings. The second-order valence-electron chi connectivity index (χ2n) is 5.56.